The van der Waals surface area contributed by atoms with E-state index < -0.39 is 29.5 Å². The molecule has 0 aliphatic heterocycles. The van der Waals surface area contributed by atoms with Crippen LogP contribution in [-0.4, -0.2) is 47.7 Å². The third kappa shape index (κ3) is 5.51. The molecule has 2 atom stereocenters. The summed E-state index contributed by atoms with van der Waals surface area (Å²) < 4.78 is 0. The van der Waals surface area contributed by atoms with E-state index in [1.54, 1.807) is 0 Å². The van der Waals surface area contributed by atoms with Gasteiger partial charge in [0.05, 0.1) is 11.6 Å². The molecule has 26 heavy (non-hydrogen) atoms. The molecule has 2 aliphatic carbocycles. The van der Waals surface area contributed by atoms with E-state index in [1.165, 1.54) is 6.42 Å². The number of aliphatic hydroxyl groups is 1. The number of unbranched alkanes of at least 4 members (excludes halogenated alkanes) is 1. The molecule has 1 unspecified atom stereocenters. The molecule has 0 aromatic carbocycles. The number of Topliss-reactive ketones (excluding diaryl/α,β-unsaturated/α-hetero) is 1. The molecule has 1 amide bonds. The van der Waals surface area contributed by atoms with Crippen molar-refractivity contribution >= 4 is 11.7 Å². The van der Waals surface area contributed by atoms with Crippen LogP contribution < -0.4 is 16.0 Å². The molecule has 0 heterocycles. The highest BCUT2D eigenvalue weighted by Crippen LogP contribution is 2.30. The molecule has 0 radical (unpaired) electrons. The lowest BCUT2D eigenvalue weighted by Crippen LogP contribution is -2.63. The fourth-order valence-electron chi connectivity index (χ4n) is 4.38. The summed E-state index contributed by atoms with van der Waals surface area (Å²) in [5.74, 6) is -0.939. The zero-order chi connectivity index (χ0) is 19.0. The van der Waals surface area contributed by atoms with Crippen LogP contribution in [0, 0.1) is 0 Å². The fourth-order valence-corrected chi connectivity index (χ4v) is 4.38. The molecule has 0 saturated heterocycles. The Labute approximate surface area is 157 Å². The normalized spacial score (nSPS) is 22.7. The van der Waals surface area contributed by atoms with Crippen LogP contribution in [0.1, 0.15) is 84.0 Å². The van der Waals surface area contributed by atoms with E-state index in [0.717, 1.165) is 64.2 Å². The summed E-state index contributed by atoms with van der Waals surface area (Å²) in [5.41, 5.74) is -0.412. The zero-order valence-corrected chi connectivity index (χ0v) is 16.5. The van der Waals surface area contributed by atoms with Crippen molar-refractivity contribution in [3.05, 3.63) is 0 Å². The third-order valence-electron chi connectivity index (χ3n) is 6.20. The third-order valence-corrected chi connectivity index (χ3v) is 6.20. The van der Waals surface area contributed by atoms with Gasteiger partial charge in [-0.25, -0.2) is 0 Å². The van der Waals surface area contributed by atoms with Gasteiger partial charge in [-0.15, -0.1) is 0 Å². The number of carbonyl (C=O) groups is 2. The number of rotatable bonds is 10. The van der Waals surface area contributed by atoms with Gasteiger partial charge in [0.25, 0.3) is 5.91 Å². The van der Waals surface area contributed by atoms with Crippen LogP contribution in [0.15, 0.2) is 0 Å². The highest BCUT2D eigenvalue weighted by molar-refractivity contribution is 6.38. The van der Waals surface area contributed by atoms with Crippen molar-refractivity contribution in [1.29, 1.82) is 0 Å². The Morgan fingerprint density at radius 3 is 2.35 bits per heavy atom. The van der Waals surface area contributed by atoms with Crippen molar-refractivity contribution in [3.8, 4) is 0 Å². The van der Waals surface area contributed by atoms with Crippen LogP contribution in [0.3, 0.4) is 0 Å². The van der Waals surface area contributed by atoms with Crippen molar-refractivity contribution < 1.29 is 14.7 Å². The van der Waals surface area contributed by atoms with Crippen molar-refractivity contribution in [1.82, 2.24) is 16.0 Å². The Morgan fingerprint density at radius 2 is 1.77 bits per heavy atom. The monoisotopic (exact) mass is 367 g/mol. The lowest BCUT2D eigenvalue weighted by molar-refractivity contribution is -0.140. The molecular formula is C20H37N3O3. The van der Waals surface area contributed by atoms with Gasteiger partial charge in [0, 0.05) is 6.04 Å². The summed E-state index contributed by atoms with van der Waals surface area (Å²) in [5, 5.41) is 20.1. The minimum atomic E-state index is -0.835. The van der Waals surface area contributed by atoms with Gasteiger partial charge in [0.2, 0.25) is 5.78 Å². The molecule has 6 nitrogen and oxygen atoms in total. The quantitative estimate of drug-likeness (QED) is 0.350. The van der Waals surface area contributed by atoms with E-state index in [4.69, 9.17) is 0 Å². The first-order valence-corrected chi connectivity index (χ1v) is 10.5. The maximum absolute atomic E-state index is 12.7. The van der Waals surface area contributed by atoms with Gasteiger partial charge in [0.1, 0.15) is 6.23 Å². The molecule has 4 N–H and O–H groups in total. The number of hydrogen-bond acceptors (Lipinski definition) is 5. The smallest absolute Gasteiger partial charge is 0.289 e. The predicted molar refractivity (Wildman–Crippen MR) is 103 cm³/mol. The predicted octanol–water partition coefficient (Wildman–Crippen LogP) is 2.00. The van der Waals surface area contributed by atoms with Gasteiger partial charge in [0.15, 0.2) is 0 Å². The molecule has 0 bridgehead atoms. The van der Waals surface area contributed by atoms with Crippen LogP contribution in [-0.2, 0) is 9.59 Å². The van der Waals surface area contributed by atoms with Gasteiger partial charge in [-0.3, -0.25) is 14.9 Å². The van der Waals surface area contributed by atoms with Gasteiger partial charge in [-0.2, -0.15) is 0 Å². The molecule has 2 fully saturated rings. The first-order chi connectivity index (χ1) is 12.5. The molecule has 2 rings (SSSR count). The van der Waals surface area contributed by atoms with Gasteiger partial charge in [-0.05, 0) is 39.2 Å². The Kier molecular flexibility index (Phi) is 8.51. The maximum Gasteiger partial charge on any atom is 0.289 e. The summed E-state index contributed by atoms with van der Waals surface area (Å²) in [6.07, 6.45) is 10.7. The van der Waals surface area contributed by atoms with Crippen molar-refractivity contribution in [2.45, 2.75) is 108 Å². The number of carbonyl (C=O) groups excluding carboxylic acids is 2. The molecule has 0 aromatic heterocycles. The van der Waals surface area contributed by atoms with Gasteiger partial charge in [-0.1, -0.05) is 51.9 Å². The van der Waals surface area contributed by atoms with Crippen LogP contribution >= 0.6 is 0 Å². The summed E-state index contributed by atoms with van der Waals surface area (Å²) >= 11 is 0. The van der Waals surface area contributed by atoms with Crippen LogP contribution in [0.5, 0.6) is 0 Å². The van der Waals surface area contributed by atoms with Crippen LogP contribution in [0.2, 0.25) is 0 Å². The fraction of sp³-hybridized carbons (Fsp3) is 0.900. The summed E-state index contributed by atoms with van der Waals surface area (Å²) in [6.45, 7) is 2.06. The summed E-state index contributed by atoms with van der Waals surface area (Å²) in [6, 6.07) is -0.497. The molecule has 150 valence electrons. The van der Waals surface area contributed by atoms with E-state index in [1.807, 2.05) is 7.05 Å². The molecule has 6 heteroatoms. The standard InChI is InChI=1S/C20H37N3O3/c1-3-4-12-16(17(24)18(25)22-15-10-6-7-11-15)23-19(26)20(21-2)13-8-5-9-14-20/h15-16,19,21,23,26H,3-14H2,1-2H3,(H,22,25)/t16-,19?/m0/s1. The van der Waals surface area contributed by atoms with E-state index in [2.05, 4.69) is 22.9 Å². The van der Waals surface area contributed by atoms with Gasteiger partial charge >= 0.3 is 0 Å². The maximum atomic E-state index is 12.7. The first-order valence-electron chi connectivity index (χ1n) is 10.5. The van der Waals surface area contributed by atoms with Gasteiger partial charge < -0.3 is 15.7 Å². The lowest BCUT2D eigenvalue weighted by Gasteiger charge is -2.42. The topological polar surface area (TPSA) is 90.5 Å². The van der Waals surface area contributed by atoms with Crippen molar-refractivity contribution in [2.75, 3.05) is 7.05 Å². The SMILES string of the molecule is CCCC[C@H](NC(O)C1(NC)CCCCC1)C(=O)C(=O)NC1CCCC1. The van der Waals surface area contributed by atoms with Crippen LogP contribution in [0.25, 0.3) is 0 Å². The average molecular weight is 368 g/mol. The second-order valence-corrected chi connectivity index (χ2v) is 8.05. The highest BCUT2D eigenvalue weighted by atomic mass is 16.3. The first kappa shape index (κ1) is 21.3. The Morgan fingerprint density at radius 1 is 1.12 bits per heavy atom. The second kappa shape index (κ2) is 10.4. The number of likely N-dealkylation sites (N-methyl/N-ethyl adjacent to an activating group) is 1. The Balaban J connectivity index is 2.00. The number of hydrogen-bond donors (Lipinski definition) is 4. The number of ketones is 1. The molecular weight excluding hydrogens is 330 g/mol. The molecule has 0 aromatic rings. The number of aliphatic hydroxyl groups excluding tert-OH is 1. The largest absolute Gasteiger partial charge is 0.377 e. The average Bonchev–Trinajstić information content (AvgIpc) is 3.17. The number of amides is 1. The lowest BCUT2D eigenvalue weighted by atomic mass is 9.80. The van der Waals surface area contributed by atoms with E-state index >= 15 is 0 Å². The second-order valence-electron chi connectivity index (χ2n) is 8.05. The Hall–Kier alpha value is -0.980. The minimum Gasteiger partial charge on any atom is -0.377 e. The van der Waals surface area contributed by atoms with Crippen molar-refractivity contribution in [2.24, 2.45) is 0 Å². The highest BCUT2D eigenvalue weighted by Gasteiger charge is 2.40. The van der Waals surface area contributed by atoms with E-state index in [0.29, 0.717) is 6.42 Å². The van der Waals surface area contributed by atoms with Crippen molar-refractivity contribution in [3.63, 3.8) is 0 Å². The zero-order valence-electron chi connectivity index (χ0n) is 16.5. The summed E-state index contributed by atoms with van der Waals surface area (Å²) in [4.78, 5) is 25.2. The molecule has 2 saturated carbocycles. The van der Waals surface area contributed by atoms with E-state index in [9.17, 15) is 14.7 Å². The van der Waals surface area contributed by atoms with Crippen LogP contribution in [0.4, 0.5) is 0 Å². The molecule has 2 aliphatic rings. The van der Waals surface area contributed by atoms with E-state index in [-0.39, 0.29) is 6.04 Å². The minimum absolute atomic E-state index is 0.130. The molecule has 0 spiro atoms. The number of nitrogens with one attached hydrogen (secondary N) is 3. The summed E-state index contributed by atoms with van der Waals surface area (Å²) in [7, 11) is 1.87. The Bertz CT molecular complexity index is 457.